The zero-order valence-electron chi connectivity index (χ0n) is 11.4. The lowest BCUT2D eigenvalue weighted by molar-refractivity contribution is 0.451. The van der Waals surface area contributed by atoms with E-state index >= 15 is 0 Å². The molecule has 2 N–H and O–H groups in total. The van der Waals surface area contributed by atoms with E-state index < -0.39 is 5.54 Å². The van der Waals surface area contributed by atoms with E-state index in [2.05, 4.69) is 40.6 Å². The van der Waals surface area contributed by atoms with Crippen molar-refractivity contribution in [3.05, 3.63) is 30.3 Å². The molecule has 19 heavy (non-hydrogen) atoms. The molecule has 0 saturated heterocycles. The Morgan fingerprint density at radius 3 is 2.89 bits per heavy atom. The van der Waals surface area contributed by atoms with Crippen LogP contribution in [0.1, 0.15) is 19.8 Å². The van der Waals surface area contributed by atoms with E-state index in [1.807, 2.05) is 31.8 Å². The highest BCUT2D eigenvalue weighted by Crippen LogP contribution is 2.24. The van der Waals surface area contributed by atoms with Gasteiger partial charge in [0.15, 0.2) is 0 Å². The van der Waals surface area contributed by atoms with Crippen molar-refractivity contribution in [1.82, 2.24) is 10.3 Å². The van der Waals surface area contributed by atoms with E-state index in [0.717, 1.165) is 18.6 Å². The van der Waals surface area contributed by atoms with E-state index in [0.29, 0.717) is 0 Å². The molecular weight excluding hydrogens is 254 g/mol. The highest BCUT2D eigenvalue weighted by atomic mass is 32.2. The molecule has 0 aliphatic heterocycles. The summed E-state index contributed by atoms with van der Waals surface area (Å²) in [5, 5.41) is 14.6. The van der Waals surface area contributed by atoms with Crippen LogP contribution in [0.2, 0.25) is 0 Å². The van der Waals surface area contributed by atoms with Crippen LogP contribution in [-0.4, -0.2) is 23.3 Å². The van der Waals surface area contributed by atoms with Gasteiger partial charge in [0.05, 0.1) is 11.1 Å². The van der Waals surface area contributed by atoms with Gasteiger partial charge >= 0.3 is 0 Å². The van der Waals surface area contributed by atoms with E-state index in [1.165, 1.54) is 15.9 Å². The molecule has 1 atom stereocenters. The fourth-order valence-electron chi connectivity index (χ4n) is 1.97. The van der Waals surface area contributed by atoms with Gasteiger partial charge in [-0.15, -0.1) is 11.8 Å². The van der Waals surface area contributed by atoms with Crippen LogP contribution in [0, 0.1) is 11.3 Å². The molecule has 100 valence electrons. The van der Waals surface area contributed by atoms with Gasteiger partial charge < -0.3 is 10.3 Å². The number of para-hydroxylation sites is 1. The number of thioether (sulfide) groups is 1. The van der Waals surface area contributed by atoms with Gasteiger partial charge in [0.2, 0.25) is 0 Å². The summed E-state index contributed by atoms with van der Waals surface area (Å²) in [7, 11) is 1.84. The number of nitrogens with zero attached hydrogens (tertiary/aromatic N) is 1. The quantitative estimate of drug-likeness (QED) is 0.625. The number of hydrogen-bond donors (Lipinski definition) is 2. The molecule has 0 fully saturated rings. The summed E-state index contributed by atoms with van der Waals surface area (Å²) in [6.07, 6.45) is 1.89. The van der Waals surface area contributed by atoms with Gasteiger partial charge in [0.1, 0.15) is 5.54 Å². The van der Waals surface area contributed by atoms with E-state index in [1.54, 1.807) is 0 Å². The first-order chi connectivity index (χ1) is 9.17. The molecule has 3 nitrogen and oxygen atoms in total. The first-order valence-electron chi connectivity index (χ1n) is 6.47. The monoisotopic (exact) mass is 273 g/mol. The summed E-state index contributed by atoms with van der Waals surface area (Å²) in [5.41, 5.74) is 0.781. The fraction of sp³-hybridized carbons (Fsp3) is 0.400. The lowest BCUT2D eigenvalue weighted by Crippen LogP contribution is -2.37. The fourth-order valence-corrected chi connectivity index (χ4v) is 2.87. The zero-order valence-corrected chi connectivity index (χ0v) is 12.2. The van der Waals surface area contributed by atoms with Gasteiger partial charge in [0.25, 0.3) is 0 Å². The number of H-pyrrole nitrogens is 1. The molecule has 2 aromatic rings. The lowest BCUT2D eigenvalue weighted by atomic mass is 9.99. The van der Waals surface area contributed by atoms with E-state index in [-0.39, 0.29) is 0 Å². The number of nitrogens with one attached hydrogen (secondary N) is 2. The van der Waals surface area contributed by atoms with Crippen LogP contribution in [0.25, 0.3) is 10.9 Å². The molecule has 0 amide bonds. The van der Waals surface area contributed by atoms with E-state index in [9.17, 15) is 0 Å². The summed E-state index contributed by atoms with van der Waals surface area (Å²) >= 11 is 1.82. The Labute approximate surface area is 118 Å². The van der Waals surface area contributed by atoms with Gasteiger partial charge in [-0.05, 0) is 44.7 Å². The second-order valence-electron chi connectivity index (χ2n) is 4.87. The maximum absolute atomic E-state index is 9.07. The normalized spacial score (nSPS) is 14.2. The SMILES string of the molecule is CNC(C)(C#N)CCCSc1cc2ccccc2[nH]1. The Kier molecular flexibility index (Phi) is 4.52. The van der Waals surface area contributed by atoms with E-state index in [4.69, 9.17) is 5.26 Å². The number of benzene rings is 1. The third kappa shape index (κ3) is 3.52. The van der Waals surface area contributed by atoms with Crippen LogP contribution in [0.3, 0.4) is 0 Å². The van der Waals surface area contributed by atoms with Gasteiger partial charge in [-0.3, -0.25) is 0 Å². The smallest absolute Gasteiger partial charge is 0.103 e. The minimum Gasteiger partial charge on any atom is -0.350 e. The number of fused-ring (bicyclic) bond motifs is 1. The van der Waals surface area contributed by atoms with Crippen molar-refractivity contribution in [3.63, 3.8) is 0 Å². The number of nitriles is 1. The minimum absolute atomic E-state index is 0.402. The number of hydrogen-bond acceptors (Lipinski definition) is 3. The molecule has 0 spiro atoms. The minimum atomic E-state index is -0.402. The maximum atomic E-state index is 9.07. The van der Waals surface area contributed by atoms with Crippen LogP contribution in [0.4, 0.5) is 0 Å². The van der Waals surface area contributed by atoms with Gasteiger partial charge in [0, 0.05) is 10.9 Å². The average molecular weight is 273 g/mol. The summed E-state index contributed by atoms with van der Waals surface area (Å²) in [6, 6.07) is 12.8. The Morgan fingerprint density at radius 1 is 1.42 bits per heavy atom. The van der Waals surface area contributed by atoms with Crippen molar-refractivity contribution in [2.24, 2.45) is 0 Å². The van der Waals surface area contributed by atoms with Crippen molar-refractivity contribution >= 4 is 22.7 Å². The first kappa shape index (κ1) is 14.0. The second-order valence-corrected chi connectivity index (χ2v) is 6.00. The van der Waals surface area contributed by atoms with Gasteiger partial charge in [-0.25, -0.2) is 0 Å². The van der Waals surface area contributed by atoms with Crippen LogP contribution in [-0.2, 0) is 0 Å². The summed E-state index contributed by atoms with van der Waals surface area (Å²) in [6.45, 7) is 1.95. The third-order valence-electron chi connectivity index (χ3n) is 3.38. The number of aromatic nitrogens is 1. The van der Waals surface area contributed by atoms with Crippen molar-refractivity contribution in [3.8, 4) is 6.07 Å². The second kappa shape index (κ2) is 6.14. The van der Waals surface area contributed by atoms with Crippen LogP contribution >= 0.6 is 11.8 Å². The van der Waals surface area contributed by atoms with Crippen LogP contribution < -0.4 is 5.32 Å². The Morgan fingerprint density at radius 2 is 2.21 bits per heavy atom. The Balaban J connectivity index is 1.85. The molecule has 1 heterocycles. The molecule has 1 unspecified atom stereocenters. The molecule has 0 saturated carbocycles. The van der Waals surface area contributed by atoms with Crippen molar-refractivity contribution in [1.29, 1.82) is 5.26 Å². The molecule has 0 radical (unpaired) electrons. The molecule has 0 bridgehead atoms. The standard InChI is InChI=1S/C15H19N3S/c1-15(11-16,17-2)8-5-9-19-14-10-12-6-3-4-7-13(12)18-14/h3-4,6-7,10,17-18H,5,8-9H2,1-2H3. The van der Waals surface area contributed by atoms with Crippen molar-refractivity contribution < 1.29 is 0 Å². The summed E-state index contributed by atoms with van der Waals surface area (Å²) in [5.74, 6) is 1.02. The largest absolute Gasteiger partial charge is 0.350 e. The molecule has 2 rings (SSSR count). The van der Waals surface area contributed by atoms with Gasteiger partial charge in [-0.1, -0.05) is 18.2 Å². The number of aromatic amines is 1. The lowest BCUT2D eigenvalue weighted by Gasteiger charge is -2.19. The third-order valence-corrected chi connectivity index (χ3v) is 4.41. The van der Waals surface area contributed by atoms with Crippen LogP contribution in [0.5, 0.6) is 0 Å². The predicted molar refractivity (Wildman–Crippen MR) is 81.3 cm³/mol. The first-order valence-corrected chi connectivity index (χ1v) is 7.46. The Bertz CT molecular complexity index is 551. The highest BCUT2D eigenvalue weighted by Gasteiger charge is 2.19. The topological polar surface area (TPSA) is 51.6 Å². The number of rotatable bonds is 6. The Hall–Kier alpha value is -1.44. The average Bonchev–Trinajstić information content (AvgIpc) is 2.86. The molecule has 4 heteroatoms. The molecule has 0 aliphatic carbocycles. The highest BCUT2D eigenvalue weighted by molar-refractivity contribution is 7.99. The summed E-state index contributed by atoms with van der Waals surface area (Å²) in [4.78, 5) is 3.40. The predicted octanol–water partition coefficient (Wildman–Crippen LogP) is 3.54. The molecule has 1 aromatic carbocycles. The summed E-state index contributed by atoms with van der Waals surface area (Å²) < 4.78 is 0. The molecule has 1 aromatic heterocycles. The molecule has 0 aliphatic rings. The maximum Gasteiger partial charge on any atom is 0.103 e. The van der Waals surface area contributed by atoms with Crippen molar-refractivity contribution in [2.45, 2.75) is 30.3 Å². The zero-order chi connectivity index (χ0) is 13.7. The van der Waals surface area contributed by atoms with Crippen molar-refractivity contribution in [2.75, 3.05) is 12.8 Å². The van der Waals surface area contributed by atoms with Gasteiger partial charge in [-0.2, -0.15) is 5.26 Å². The van der Waals surface area contributed by atoms with Crippen LogP contribution in [0.15, 0.2) is 35.4 Å². The molecular formula is C15H19N3S.